The Bertz CT molecular complexity index is 367. The molecule has 1 aliphatic heterocycles. The van der Waals surface area contributed by atoms with E-state index < -0.39 is 0 Å². The lowest BCUT2D eigenvalue weighted by Gasteiger charge is -2.12. The quantitative estimate of drug-likeness (QED) is 0.810. The van der Waals surface area contributed by atoms with Gasteiger partial charge in [0, 0.05) is 35.3 Å². The van der Waals surface area contributed by atoms with Crippen molar-refractivity contribution in [2.45, 2.75) is 31.4 Å². The van der Waals surface area contributed by atoms with Gasteiger partial charge in [-0.2, -0.15) is 11.8 Å². The van der Waals surface area contributed by atoms with Gasteiger partial charge in [0.2, 0.25) is 5.95 Å². The van der Waals surface area contributed by atoms with Gasteiger partial charge in [-0.3, -0.25) is 0 Å². The molecule has 82 valence electrons. The number of nitrogens with zero attached hydrogens (tertiary/aromatic N) is 2. The molecule has 0 amide bonds. The van der Waals surface area contributed by atoms with Crippen molar-refractivity contribution in [1.29, 1.82) is 0 Å². The molecule has 0 saturated carbocycles. The van der Waals surface area contributed by atoms with Crippen LogP contribution in [0.4, 0.5) is 5.95 Å². The van der Waals surface area contributed by atoms with Gasteiger partial charge in [0.05, 0.1) is 5.69 Å². The Morgan fingerprint density at radius 3 is 3.00 bits per heavy atom. The highest BCUT2D eigenvalue weighted by atomic mass is 32.2. The highest BCUT2D eigenvalue weighted by Gasteiger charge is 2.17. The van der Waals surface area contributed by atoms with Crippen LogP contribution in [0.2, 0.25) is 0 Å². The van der Waals surface area contributed by atoms with Crippen molar-refractivity contribution < 1.29 is 0 Å². The fourth-order valence-electron chi connectivity index (χ4n) is 1.56. The highest BCUT2D eigenvalue weighted by molar-refractivity contribution is 7.98. The van der Waals surface area contributed by atoms with Gasteiger partial charge >= 0.3 is 0 Å². The van der Waals surface area contributed by atoms with Crippen LogP contribution in [0.25, 0.3) is 0 Å². The molecule has 2 heterocycles. The Labute approximate surface area is 94.1 Å². The summed E-state index contributed by atoms with van der Waals surface area (Å²) in [7, 11) is 0. The second-order valence-electron chi connectivity index (χ2n) is 3.83. The average Bonchev–Trinajstić information content (AvgIpc) is 2.66. The Kier molecular flexibility index (Phi) is 3.11. The SMILES string of the molecule is Cc1nc(NC(C)CN)nc2c1CSC2. The molecule has 2 rings (SSSR count). The fraction of sp³-hybridized carbons (Fsp3) is 0.600. The van der Waals surface area contributed by atoms with E-state index in [2.05, 4.69) is 15.3 Å². The van der Waals surface area contributed by atoms with Gasteiger partial charge in [-0.1, -0.05) is 0 Å². The van der Waals surface area contributed by atoms with Crippen molar-refractivity contribution in [3.63, 3.8) is 0 Å². The van der Waals surface area contributed by atoms with Crippen molar-refractivity contribution in [3.05, 3.63) is 17.0 Å². The molecule has 1 aromatic heterocycles. The van der Waals surface area contributed by atoms with Crippen LogP contribution in [0, 0.1) is 6.92 Å². The van der Waals surface area contributed by atoms with E-state index in [1.807, 2.05) is 25.6 Å². The normalized spacial score (nSPS) is 16.2. The lowest BCUT2D eigenvalue weighted by Crippen LogP contribution is -2.26. The number of nitrogens with one attached hydrogen (secondary N) is 1. The molecule has 0 spiro atoms. The van der Waals surface area contributed by atoms with Crippen molar-refractivity contribution >= 4 is 17.7 Å². The minimum Gasteiger partial charge on any atom is -0.350 e. The largest absolute Gasteiger partial charge is 0.350 e. The van der Waals surface area contributed by atoms with E-state index in [0.717, 1.165) is 17.2 Å². The topological polar surface area (TPSA) is 63.8 Å². The summed E-state index contributed by atoms with van der Waals surface area (Å²) < 4.78 is 0. The lowest BCUT2D eigenvalue weighted by atomic mass is 10.2. The van der Waals surface area contributed by atoms with Crippen LogP contribution >= 0.6 is 11.8 Å². The molecule has 15 heavy (non-hydrogen) atoms. The summed E-state index contributed by atoms with van der Waals surface area (Å²) >= 11 is 1.90. The average molecular weight is 224 g/mol. The molecule has 5 heteroatoms. The third-order valence-corrected chi connectivity index (χ3v) is 3.48. The second-order valence-corrected chi connectivity index (χ2v) is 4.82. The first-order valence-corrected chi connectivity index (χ1v) is 6.27. The molecule has 1 atom stereocenters. The Balaban J connectivity index is 2.23. The Morgan fingerprint density at radius 2 is 2.27 bits per heavy atom. The Morgan fingerprint density at radius 1 is 1.47 bits per heavy atom. The van der Waals surface area contributed by atoms with E-state index in [-0.39, 0.29) is 6.04 Å². The second kappa shape index (κ2) is 4.37. The summed E-state index contributed by atoms with van der Waals surface area (Å²) in [5.74, 6) is 2.77. The number of fused-ring (bicyclic) bond motifs is 1. The van der Waals surface area contributed by atoms with Crippen LogP contribution in [0.15, 0.2) is 0 Å². The maximum absolute atomic E-state index is 5.55. The van der Waals surface area contributed by atoms with Crippen molar-refractivity contribution in [2.75, 3.05) is 11.9 Å². The van der Waals surface area contributed by atoms with Crippen LogP contribution in [-0.2, 0) is 11.5 Å². The predicted octanol–water partition coefficient (Wildman–Crippen LogP) is 1.29. The molecule has 1 aliphatic rings. The zero-order chi connectivity index (χ0) is 10.8. The standard InChI is InChI=1S/C10H16N4S/c1-6(3-11)12-10-13-7(2)8-4-15-5-9(8)14-10/h6H,3-5,11H2,1-2H3,(H,12,13,14). The number of aromatic nitrogens is 2. The van der Waals surface area contributed by atoms with Crippen LogP contribution in [-0.4, -0.2) is 22.6 Å². The van der Waals surface area contributed by atoms with E-state index in [9.17, 15) is 0 Å². The van der Waals surface area contributed by atoms with Gasteiger partial charge in [-0.15, -0.1) is 0 Å². The summed E-state index contributed by atoms with van der Waals surface area (Å²) in [6.45, 7) is 4.67. The molecule has 0 radical (unpaired) electrons. The smallest absolute Gasteiger partial charge is 0.223 e. The minimum absolute atomic E-state index is 0.219. The van der Waals surface area contributed by atoms with Crippen LogP contribution in [0.1, 0.15) is 23.9 Å². The number of hydrogen-bond donors (Lipinski definition) is 2. The molecular weight excluding hydrogens is 208 g/mol. The molecule has 1 unspecified atom stereocenters. The number of nitrogens with two attached hydrogens (primary N) is 1. The van der Waals surface area contributed by atoms with Gasteiger partial charge < -0.3 is 11.1 Å². The summed E-state index contributed by atoms with van der Waals surface area (Å²) in [6, 6.07) is 0.219. The van der Waals surface area contributed by atoms with Gasteiger partial charge in [0.1, 0.15) is 0 Å². The molecule has 3 N–H and O–H groups in total. The molecular formula is C10H16N4S. The van der Waals surface area contributed by atoms with Crippen LogP contribution in [0.5, 0.6) is 0 Å². The number of aryl methyl sites for hydroxylation is 1. The first-order chi connectivity index (χ1) is 7.20. The molecule has 0 fully saturated rings. The van der Waals surface area contributed by atoms with Crippen molar-refractivity contribution in [1.82, 2.24) is 9.97 Å². The van der Waals surface area contributed by atoms with Gasteiger partial charge in [-0.05, 0) is 13.8 Å². The first-order valence-electron chi connectivity index (χ1n) is 5.11. The monoisotopic (exact) mass is 224 g/mol. The third-order valence-electron chi connectivity index (χ3n) is 2.51. The number of hydrogen-bond acceptors (Lipinski definition) is 5. The molecule has 0 aliphatic carbocycles. The fourth-order valence-corrected chi connectivity index (χ4v) is 2.67. The minimum atomic E-state index is 0.219. The molecule has 0 saturated heterocycles. The number of rotatable bonds is 3. The van der Waals surface area contributed by atoms with Gasteiger partial charge in [-0.25, -0.2) is 9.97 Å². The first kappa shape index (κ1) is 10.7. The maximum atomic E-state index is 5.55. The molecule has 1 aromatic rings. The number of thioether (sulfide) groups is 1. The van der Waals surface area contributed by atoms with E-state index >= 15 is 0 Å². The van der Waals surface area contributed by atoms with E-state index in [4.69, 9.17) is 5.73 Å². The van der Waals surface area contributed by atoms with Crippen LogP contribution in [0.3, 0.4) is 0 Å². The van der Waals surface area contributed by atoms with Crippen LogP contribution < -0.4 is 11.1 Å². The van der Waals surface area contributed by atoms with E-state index in [1.54, 1.807) is 0 Å². The van der Waals surface area contributed by atoms with E-state index in [1.165, 1.54) is 11.3 Å². The van der Waals surface area contributed by atoms with Crippen molar-refractivity contribution in [2.24, 2.45) is 5.73 Å². The zero-order valence-electron chi connectivity index (χ0n) is 9.08. The molecule has 4 nitrogen and oxygen atoms in total. The predicted molar refractivity (Wildman–Crippen MR) is 63.9 cm³/mol. The Hall–Kier alpha value is -0.810. The van der Waals surface area contributed by atoms with Crippen molar-refractivity contribution in [3.8, 4) is 0 Å². The zero-order valence-corrected chi connectivity index (χ0v) is 9.90. The molecule has 0 bridgehead atoms. The lowest BCUT2D eigenvalue weighted by molar-refractivity contribution is 0.786. The number of anilines is 1. The maximum Gasteiger partial charge on any atom is 0.223 e. The van der Waals surface area contributed by atoms with Gasteiger partial charge in [0.25, 0.3) is 0 Å². The van der Waals surface area contributed by atoms with E-state index in [0.29, 0.717) is 12.5 Å². The summed E-state index contributed by atoms with van der Waals surface area (Å²) in [5, 5.41) is 3.21. The summed E-state index contributed by atoms with van der Waals surface area (Å²) in [5.41, 5.74) is 9.13. The summed E-state index contributed by atoms with van der Waals surface area (Å²) in [4.78, 5) is 8.95. The third kappa shape index (κ3) is 2.23. The van der Waals surface area contributed by atoms with Gasteiger partial charge in [0.15, 0.2) is 0 Å². The molecule has 0 aromatic carbocycles. The highest BCUT2D eigenvalue weighted by Crippen LogP contribution is 2.30. The summed E-state index contributed by atoms with van der Waals surface area (Å²) in [6.07, 6.45) is 0.